The van der Waals surface area contributed by atoms with Crippen LogP contribution in [0.3, 0.4) is 0 Å². The second kappa shape index (κ2) is 7.66. The molecule has 0 aliphatic heterocycles. The maximum atomic E-state index is 9.13. The van der Waals surface area contributed by atoms with Crippen LogP contribution >= 0.6 is 0 Å². The monoisotopic (exact) mass is 263 g/mol. The van der Waals surface area contributed by atoms with Gasteiger partial charge in [0.1, 0.15) is 0 Å². The standard InChI is InChI=1S/C17H29NO/c1-12(2)15-6-8-16(9-7-15)14(5)18-17(10-11-19)13(3)4/h6-9,12-14,17-19H,10-11H2,1-5H3. The van der Waals surface area contributed by atoms with E-state index in [2.05, 4.69) is 64.2 Å². The molecule has 0 saturated heterocycles. The highest BCUT2D eigenvalue weighted by atomic mass is 16.3. The number of rotatable bonds is 7. The third-order valence-electron chi connectivity index (χ3n) is 3.81. The molecule has 1 aromatic rings. The summed E-state index contributed by atoms with van der Waals surface area (Å²) in [4.78, 5) is 0. The molecule has 0 aromatic heterocycles. The lowest BCUT2D eigenvalue weighted by molar-refractivity contribution is 0.237. The molecular weight excluding hydrogens is 234 g/mol. The lowest BCUT2D eigenvalue weighted by atomic mass is 9.97. The van der Waals surface area contributed by atoms with Crippen molar-refractivity contribution in [2.75, 3.05) is 6.61 Å². The Kier molecular flexibility index (Phi) is 6.53. The van der Waals surface area contributed by atoms with Crippen LogP contribution < -0.4 is 5.32 Å². The SMILES string of the molecule is CC(C)c1ccc(C(C)NC(CCO)C(C)C)cc1. The Morgan fingerprint density at radius 3 is 1.89 bits per heavy atom. The maximum Gasteiger partial charge on any atom is 0.0445 e. The van der Waals surface area contributed by atoms with Gasteiger partial charge < -0.3 is 10.4 Å². The Labute approximate surface area is 118 Å². The van der Waals surface area contributed by atoms with Crippen molar-refractivity contribution in [2.24, 2.45) is 5.92 Å². The fourth-order valence-corrected chi connectivity index (χ4v) is 2.34. The molecule has 2 nitrogen and oxygen atoms in total. The van der Waals surface area contributed by atoms with Gasteiger partial charge >= 0.3 is 0 Å². The Balaban J connectivity index is 2.68. The van der Waals surface area contributed by atoms with Gasteiger partial charge in [-0.2, -0.15) is 0 Å². The van der Waals surface area contributed by atoms with Crippen LogP contribution in [0, 0.1) is 5.92 Å². The third kappa shape index (κ3) is 4.96. The van der Waals surface area contributed by atoms with Crippen molar-refractivity contribution in [2.45, 2.75) is 59.0 Å². The molecule has 0 bridgehead atoms. The number of hydrogen-bond acceptors (Lipinski definition) is 2. The highest BCUT2D eigenvalue weighted by Crippen LogP contribution is 2.20. The zero-order chi connectivity index (χ0) is 14.4. The normalized spacial score (nSPS) is 14.9. The van der Waals surface area contributed by atoms with Gasteiger partial charge in [-0.05, 0) is 36.3 Å². The Morgan fingerprint density at radius 2 is 1.47 bits per heavy atom. The van der Waals surface area contributed by atoms with E-state index in [9.17, 15) is 0 Å². The minimum atomic E-state index is 0.245. The zero-order valence-corrected chi connectivity index (χ0v) is 13.0. The number of hydrogen-bond donors (Lipinski definition) is 2. The van der Waals surface area contributed by atoms with E-state index in [1.807, 2.05) is 0 Å². The first kappa shape index (κ1) is 16.2. The fourth-order valence-electron chi connectivity index (χ4n) is 2.34. The van der Waals surface area contributed by atoms with Gasteiger partial charge in [-0.1, -0.05) is 52.0 Å². The molecule has 2 atom stereocenters. The molecule has 0 spiro atoms. The molecule has 2 heteroatoms. The highest BCUT2D eigenvalue weighted by Gasteiger charge is 2.16. The lowest BCUT2D eigenvalue weighted by Crippen LogP contribution is -2.36. The average molecular weight is 263 g/mol. The molecule has 0 fully saturated rings. The number of aliphatic hydroxyl groups excluding tert-OH is 1. The van der Waals surface area contributed by atoms with Gasteiger partial charge in [0.25, 0.3) is 0 Å². The van der Waals surface area contributed by atoms with Crippen molar-refractivity contribution in [3.05, 3.63) is 35.4 Å². The molecular formula is C17H29NO. The quantitative estimate of drug-likeness (QED) is 0.782. The van der Waals surface area contributed by atoms with Crippen molar-refractivity contribution in [1.29, 1.82) is 0 Å². The molecule has 2 N–H and O–H groups in total. The summed E-state index contributed by atoms with van der Waals surface area (Å²) in [6.45, 7) is 11.3. The third-order valence-corrected chi connectivity index (χ3v) is 3.81. The smallest absolute Gasteiger partial charge is 0.0445 e. The minimum Gasteiger partial charge on any atom is -0.396 e. The van der Waals surface area contributed by atoms with Crippen molar-refractivity contribution in [3.8, 4) is 0 Å². The first-order valence-corrected chi connectivity index (χ1v) is 7.42. The summed E-state index contributed by atoms with van der Waals surface area (Å²) in [7, 11) is 0. The van der Waals surface area contributed by atoms with E-state index in [0.717, 1.165) is 6.42 Å². The molecule has 19 heavy (non-hydrogen) atoms. The predicted octanol–water partition coefficient (Wildman–Crippen LogP) is 3.87. The minimum absolute atomic E-state index is 0.245. The van der Waals surface area contributed by atoms with E-state index in [0.29, 0.717) is 23.9 Å². The van der Waals surface area contributed by atoms with Crippen LogP contribution in [-0.2, 0) is 0 Å². The maximum absolute atomic E-state index is 9.13. The Bertz CT molecular complexity index is 356. The first-order chi connectivity index (χ1) is 8.95. The summed E-state index contributed by atoms with van der Waals surface area (Å²) in [5, 5.41) is 12.7. The summed E-state index contributed by atoms with van der Waals surface area (Å²) in [5.74, 6) is 1.11. The summed E-state index contributed by atoms with van der Waals surface area (Å²) in [5.41, 5.74) is 2.69. The largest absolute Gasteiger partial charge is 0.396 e. The van der Waals surface area contributed by atoms with Crippen LogP contribution in [0.5, 0.6) is 0 Å². The second-order valence-corrected chi connectivity index (χ2v) is 6.07. The van der Waals surface area contributed by atoms with E-state index in [-0.39, 0.29) is 6.61 Å². The van der Waals surface area contributed by atoms with E-state index < -0.39 is 0 Å². The topological polar surface area (TPSA) is 32.3 Å². The van der Waals surface area contributed by atoms with Gasteiger partial charge in [0, 0.05) is 18.7 Å². The molecule has 0 amide bonds. The molecule has 1 aromatic carbocycles. The molecule has 1 rings (SSSR count). The van der Waals surface area contributed by atoms with Crippen molar-refractivity contribution in [3.63, 3.8) is 0 Å². The van der Waals surface area contributed by atoms with Gasteiger partial charge in [-0.3, -0.25) is 0 Å². The molecule has 108 valence electrons. The van der Waals surface area contributed by atoms with Crippen LogP contribution in [-0.4, -0.2) is 17.8 Å². The fraction of sp³-hybridized carbons (Fsp3) is 0.647. The van der Waals surface area contributed by atoms with Gasteiger partial charge in [-0.25, -0.2) is 0 Å². The predicted molar refractivity (Wildman–Crippen MR) is 82.4 cm³/mol. The van der Waals surface area contributed by atoms with Crippen molar-refractivity contribution < 1.29 is 5.11 Å². The molecule has 0 radical (unpaired) electrons. The van der Waals surface area contributed by atoms with Gasteiger partial charge in [-0.15, -0.1) is 0 Å². The number of benzene rings is 1. The van der Waals surface area contributed by atoms with Crippen LogP contribution in [0.2, 0.25) is 0 Å². The van der Waals surface area contributed by atoms with Crippen LogP contribution in [0.15, 0.2) is 24.3 Å². The Morgan fingerprint density at radius 1 is 0.947 bits per heavy atom. The van der Waals surface area contributed by atoms with E-state index in [4.69, 9.17) is 5.11 Å². The zero-order valence-electron chi connectivity index (χ0n) is 13.0. The summed E-state index contributed by atoms with van der Waals surface area (Å²) < 4.78 is 0. The van der Waals surface area contributed by atoms with E-state index in [1.54, 1.807) is 0 Å². The highest BCUT2D eigenvalue weighted by molar-refractivity contribution is 5.26. The van der Waals surface area contributed by atoms with Crippen molar-refractivity contribution in [1.82, 2.24) is 5.32 Å². The second-order valence-electron chi connectivity index (χ2n) is 6.07. The van der Waals surface area contributed by atoms with Crippen LogP contribution in [0.4, 0.5) is 0 Å². The van der Waals surface area contributed by atoms with Gasteiger partial charge in [0.2, 0.25) is 0 Å². The van der Waals surface area contributed by atoms with Crippen LogP contribution in [0.1, 0.15) is 64.1 Å². The Hall–Kier alpha value is -0.860. The number of aliphatic hydroxyl groups is 1. The number of nitrogens with one attached hydrogen (secondary N) is 1. The molecule has 0 aliphatic rings. The average Bonchev–Trinajstić information content (AvgIpc) is 2.38. The molecule has 0 heterocycles. The van der Waals surface area contributed by atoms with Crippen LogP contribution in [0.25, 0.3) is 0 Å². The molecule has 0 aliphatic carbocycles. The van der Waals surface area contributed by atoms with Crippen molar-refractivity contribution >= 4 is 0 Å². The molecule has 0 saturated carbocycles. The lowest BCUT2D eigenvalue weighted by Gasteiger charge is -2.26. The van der Waals surface area contributed by atoms with Gasteiger partial charge in [0.15, 0.2) is 0 Å². The summed E-state index contributed by atoms with van der Waals surface area (Å²) >= 11 is 0. The summed E-state index contributed by atoms with van der Waals surface area (Å²) in [6, 6.07) is 9.54. The van der Waals surface area contributed by atoms with E-state index in [1.165, 1.54) is 11.1 Å². The van der Waals surface area contributed by atoms with Gasteiger partial charge in [0.05, 0.1) is 0 Å². The molecule has 2 unspecified atom stereocenters. The summed E-state index contributed by atoms with van der Waals surface area (Å²) in [6.07, 6.45) is 0.812. The van der Waals surface area contributed by atoms with E-state index >= 15 is 0 Å². The first-order valence-electron chi connectivity index (χ1n) is 7.42.